The van der Waals surface area contributed by atoms with Crippen LogP contribution in [-0.4, -0.2) is 12.4 Å². The second-order valence-electron chi connectivity index (χ2n) is 5.46. The summed E-state index contributed by atoms with van der Waals surface area (Å²) >= 11 is 3.91. The van der Waals surface area contributed by atoms with Gasteiger partial charge in [0, 0.05) is 15.4 Å². The summed E-state index contributed by atoms with van der Waals surface area (Å²) in [4.78, 5) is 2.67. The highest BCUT2D eigenvalue weighted by atomic mass is 32.2. The van der Waals surface area contributed by atoms with Gasteiger partial charge < -0.3 is 4.74 Å². The summed E-state index contributed by atoms with van der Waals surface area (Å²) < 4.78 is 5.55. The number of thioether (sulfide) groups is 2. The minimum Gasteiger partial charge on any atom is -0.496 e. The summed E-state index contributed by atoms with van der Waals surface area (Å²) in [6, 6.07) is 15.3. The smallest absolute Gasteiger partial charge is 0.132 e. The maximum Gasteiger partial charge on any atom is 0.132 e. The number of fused-ring (bicyclic) bond motifs is 1. The van der Waals surface area contributed by atoms with Crippen LogP contribution in [0.3, 0.4) is 0 Å². The molecule has 2 aromatic rings. The van der Waals surface area contributed by atoms with Crippen LogP contribution < -0.4 is 4.74 Å². The van der Waals surface area contributed by atoms with Gasteiger partial charge in [-0.3, -0.25) is 0 Å². The Hall–Kier alpha value is -1.06. The summed E-state index contributed by atoms with van der Waals surface area (Å²) in [7, 11) is 1.76. The second-order valence-corrected chi connectivity index (χ2v) is 8.19. The Labute approximate surface area is 135 Å². The van der Waals surface area contributed by atoms with E-state index in [9.17, 15) is 0 Å². The number of methoxy groups -OCH3 is 1. The third-order valence-corrected chi connectivity index (χ3v) is 6.28. The summed E-state index contributed by atoms with van der Waals surface area (Å²) in [5, 5.41) is 1.13. The fourth-order valence-corrected chi connectivity index (χ4v) is 5.48. The van der Waals surface area contributed by atoms with E-state index >= 15 is 0 Å². The van der Waals surface area contributed by atoms with E-state index in [4.69, 9.17) is 4.74 Å². The number of ether oxygens (including phenoxy) is 1. The normalized spacial score (nSPS) is 20.9. The summed E-state index contributed by atoms with van der Waals surface area (Å²) in [5.74, 6) is 1.01. The average Bonchev–Trinajstić information content (AvgIpc) is 2.49. The molecule has 0 unspecified atom stereocenters. The van der Waals surface area contributed by atoms with Crippen LogP contribution in [0.15, 0.2) is 52.3 Å². The van der Waals surface area contributed by atoms with Crippen molar-refractivity contribution in [2.75, 3.05) is 7.11 Å². The average molecular weight is 316 g/mol. The van der Waals surface area contributed by atoms with Crippen LogP contribution in [0, 0.1) is 6.92 Å². The topological polar surface area (TPSA) is 9.23 Å². The molecule has 3 heteroatoms. The molecular formula is C18H20OS2. The molecular weight excluding hydrogens is 296 g/mol. The Bertz CT molecular complexity index is 622. The number of aryl methyl sites for hydroxylation is 1. The first-order valence-corrected chi connectivity index (χ1v) is 9.00. The van der Waals surface area contributed by atoms with Crippen LogP contribution in [0.5, 0.6) is 5.75 Å². The maximum absolute atomic E-state index is 5.55. The molecule has 0 N–H and O–H groups in total. The maximum atomic E-state index is 5.55. The molecule has 3 rings (SSSR count). The van der Waals surface area contributed by atoms with Gasteiger partial charge in [0.05, 0.1) is 12.0 Å². The lowest BCUT2D eigenvalue weighted by Crippen LogP contribution is -2.12. The Morgan fingerprint density at radius 1 is 1.14 bits per heavy atom. The van der Waals surface area contributed by atoms with Crippen molar-refractivity contribution in [1.29, 1.82) is 0 Å². The van der Waals surface area contributed by atoms with Gasteiger partial charge in [-0.15, -0.1) is 23.5 Å². The molecule has 0 aliphatic carbocycles. The zero-order chi connectivity index (χ0) is 14.8. The molecule has 0 amide bonds. The largest absolute Gasteiger partial charge is 0.496 e. The lowest BCUT2D eigenvalue weighted by molar-refractivity contribution is 0.402. The van der Waals surface area contributed by atoms with Crippen LogP contribution in [0.4, 0.5) is 0 Å². The van der Waals surface area contributed by atoms with Gasteiger partial charge >= 0.3 is 0 Å². The molecule has 0 radical (unpaired) electrons. The monoisotopic (exact) mass is 316 g/mol. The molecule has 1 aliphatic rings. The fraction of sp³-hybridized carbons (Fsp3) is 0.333. The molecule has 2 atom stereocenters. The van der Waals surface area contributed by atoms with E-state index in [0.29, 0.717) is 10.5 Å². The highest BCUT2D eigenvalue weighted by Gasteiger charge is 2.28. The molecule has 0 saturated heterocycles. The van der Waals surface area contributed by atoms with E-state index in [1.807, 2.05) is 23.5 Å². The first kappa shape index (κ1) is 14.9. The Kier molecular flexibility index (Phi) is 4.51. The molecule has 0 aromatic heterocycles. The lowest BCUT2D eigenvalue weighted by Gasteiger charge is -2.30. The van der Waals surface area contributed by atoms with Gasteiger partial charge in [0.25, 0.3) is 0 Å². The van der Waals surface area contributed by atoms with Crippen molar-refractivity contribution in [3.63, 3.8) is 0 Å². The van der Waals surface area contributed by atoms with Crippen molar-refractivity contribution in [3.05, 3.63) is 53.6 Å². The van der Waals surface area contributed by atoms with Crippen molar-refractivity contribution in [2.45, 2.75) is 40.6 Å². The minimum atomic E-state index is 0.508. The predicted molar refractivity (Wildman–Crippen MR) is 92.7 cm³/mol. The molecule has 0 spiro atoms. The summed E-state index contributed by atoms with van der Waals surface area (Å²) in [5.41, 5.74) is 2.73. The van der Waals surface area contributed by atoms with E-state index in [1.165, 1.54) is 27.3 Å². The first-order valence-electron chi connectivity index (χ1n) is 7.24. The van der Waals surface area contributed by atoms with Crippen LogP contribution in [0.25, 0.3) is 0 Å². The minimum absolute atomic E-state index is 0.508. The molecule has 1 heterocycles. The number of hydrogen-bond donors (Lipinski definition) is 0. The standard InChI is InChI=1S/C18H20OS2/c1-12-7-9-14(10-8-12)21-17-11-13(2)20-18-15(17)5-4-6-16(18)19-3/h4-10,13,17H,11H2,1-3H3/t13-,17-/m1/s1. The zero-order valence-electron chi connectivity index (χ0n) is 12.6. The Morgan fingerprint density at radius 2 is 1.90 bits per heavy atom. The van der Waals surface area contributed by atoms with Crippen LogP contribution in [0.1, 0.15) is 29.7 Å². The van der Waals surface area contributed by atoms with Crippen molar-refractivity contribution in [1.82, 2.24) is 0 Å². The van der Waals surface area contributed by atoms with Gasteiger partial charge in [0.2, 0.25) is 0 Å². The molecule has 0 fully saturated rings. The molecule has 0 saturated carbocycles. The second kappa shape index (κ2) is 6.37. The van der Waals surface area contributed by atoms with Gasteiger partial charge in [-0.2, -0.15) is 0 Å². The molecule has 1 nitrogen and oxygen atoms in total. The molecule has 0 bridgehead atoms. The highest BCUT2D eigenvalue weighted by molar-refractivity contribution is 8.01. The van der Waals surface area contributed by atoms with Gasteiger partial charge in [0.15, 0.2) is 0 Å². The molecule has 21 heavy (non-hydrogen) atoms. The molecule has 2 aromatic carbocycles. The van der Waals surface area contributed by atoms with E-state index in [-0.39, 0.29) is 0 Å². The van der Waals surface area contributed by atoms with Crippen LogP contribution >= 0.6 is 23.5 Å². The van der Waals surface area contributed by atoms with Crippen molar-refractivity contribution < 1.29 is 4.74 Å². The van der Waals surface area contributed by atoms with Crippen LogP contribution in [-0.2, 0) is 0 Å². The van der Waals surface area contributed by atoms with Crippen molar-refractivity contribution in [3.8, 4) is 5.75 Å². The summed E-state index contributed by atoms with van der Waals surface area (Å²) in [6.07, 6.45) is 1.20. The van der Waals surface area contributed by atoms with Gasteiger partial charge in [-0.1, -0.05) is 36.8 Å². The fourth-order valence-electron chi connectivity index (χ4n) is 2.64. The number of rotatable bonds is 3. The number of hydrogen-bond acceptors (Lipinski definition) is 3. The SMILES string of the molecule is COc1cccc2c1S[C@H](C)C[C@H]2Sc1ccc(C)cc1. The highest BCUT2D eigenvalue weighted by Crippen LogP contribution is 2.51. The first-order chi connectivity index (χ1) is 10.2. The van der Waals surface area contributed by atoms with E-state index < -0.39 is 0 Å². The van der Waals surface area contributed by atoms with Crippen molar-refractivity contribution >= 4 is 23.5 Å². The van der Waals surface area contributed by atoms with Gasteiger partial charge in [0.1, 0.15) is 5.75 Å². The molecule has 1 aliphatic heterocycles. The Morgan fingerprint density at radius 3 is 2.62 bits per heavy atom. The third-order valence-electron chi connectivity index (χ3n) is 3.74. The zero-order valence-corrected chi connectivity index (χ0v) is 14.3. The van der Waals surface area contributed by atoms with E-state index in [0.717, 1.165) is 5.75 Å². The Balaban J connectivity index is 1.92. The van der Waals surface area contributed by atoms with E-state index in [2.05, 4.69) is 56.3 Å². The lowest BCUT2D eigenvalue weighted by atomic mass is 10.1. The molecule has 110 valence electrons. The van der Waals surface area contributed by atoms with Gasteiger partial charge in [-0.05, 0) is 37.1 Å². The number of benzene rings is 2. The van der Waals surface area contributed by atoms with Gasteiger partial charge in [-0.25, -0.2) is 0 Å². The summed E-state index contributed by atoms with van der Waals surface area (Å²) in [6.45, 7) is 4.44. The predicted octanol–water partition coefficient (Wildman–Crippen LogP) is 5.72. The van der Waals surface area contributed by atoms with Crippen LogP contribution in [0.2, 0.25) is 0 Å². The van der Waals surface area contributed by atoms with E-state index in [1.54, 1.807) is 7.11 Å². The third kappa shape index (κ3) is 3.24. The quantitative estimate of drug-likeness (QED) is 0.716. The van der Waals surface area contributed by atoms with Crippen molar-refractivity contribution in [2.24, 2.45) is 0 Å².